The van der Waals surface area contributed by atoms with Crippen LogP contribution >= 0.6 is 0 Å². The van der Waals surface area contributed by atoms with E-state index in [4.69, 9.17) is 9.47 Å². The van der Waals surface area contributed by atoms with E-state index in [1.165, 1.54) is 14.2 Å². The summed E-state index contributed by atoms with van der Waals surface area (Å²) >= 11 is 0. The molecule has 0 aliphatic carbocycles. The Balaban J connectivity index is 3.86. The molecule has 0 heterocycles. The van der Waals surface area contributed by atoms with Crippen molar-refractivity contribution in [2.75, 3.05) is 26.5 Å². The molecule has 0 aromatic heterocycles. The molecule has 0 radical (unpaired) electrons. The van der Waals surface area contributed by atoms with Crippen LogP contribution < -0.4 is 4.72 Å². The molecule has 0 atom stereocenters. The first-order valence-electron chi connectivity index (χ1n) is 4.08. The van der Waals surface area contributed by atoms with Gasteiger partial charge in [0.2, 0.25) is 10.0 Å². The van der Waals surface area contributed by atoms with Crippen molar-refractivity contribution in [1.82, 2.24) is 4.72 Å². The molecule has 13 heavy (non-hydrogen) atoms. The van der Waals surface area contributed by atoms with Crippen LogP contribution in [0, 0.1) is 0 Å². The van der Waals surface area contributed by atoms with Gasteiger partial charge in [0.25, 0.3) is 0 Å². The van der Waals surface area contributed by atoms with E-state index in [-0.39, 0.29) is 12.3 Å². The molecule has 0 aliphatic heterocycles. The van der Waals surface area contributed by atoms with Crippen molar-refractivity contribution in [2.24, 2.45) is 0 Å². The van der Waals surface area contributed by atoms with Crippen LogP contribution in [-0.2, 0) is 19.5 Å². The lowest BCUT2D eigenvalue weighted by molar-refractivity contribution is -0.0960. The highest BCUT2D eigenvalue weighted by Gasteiger charge is 2.12. The Kier molecular flexibility index (Phi) is 6.23. The number of hydrogen-bond donors (Lipinski definition) is 1. The zero-order valence-corrected chi connectivity index (χ0v) is 9.06. The third-order valence-corrected chi connectivity index (χ3v) is 3.02. The normalized spacial score (nSPS) is 12.3. The van der Waals surface area contributed by atoms with Crippen LogP contribution in [0.1, 0.15) is 13.3 Å². The Hall–Kier alpha value is -0.170. The standard InChI is InChI=1S/C7H17NO4S/c1-4-5-13(9,10)8-6-7(11-2)12-3/h7-8H,4-6H2,1-3H3. The van der Waals surface area contributed by atoms with E-state index in [2.05, 4.69) is 4.72 Å². The van der Waals surface area contributed by atoms with Crippen LogP contribution in [0.5, 0.6) is 0 Å². The van der Waals surface area contributed by atoms with Gasteiger partial charge in [0, 0.05) is 14.2 Å². The minimum absolute atomic E-state index is 0.132. The third-order valence-electron chi connectivity index (χ3n) is 1.47. The second-order valence-electron chi connectivity index (χ2n) is 2.57. The van der Waals surface area contributed by atoms with Gasteiger partial charge in [-0.2, -0.15) is 0 Å². The largest absolute Gasteiger partial charge is 0.355 e. The molecule has 80 valence electrons. The Morgan fingerprint density at radius 3 is 2.23 bits per heavy atom. The van der Waals surface area contributed by atoms with E-state index >= 15 is 0 Å². The van der Waals surface area contributed by atoms with Gasteiger partial charge in [0.05, 0.1) is 12.3 Å². The average Bonchev–Trinajstić information content (AvgIpc) is 2.06. The molecule has 0 rings (SSSR count). The van der Waals surface area contributed by atoms with Crippen molar-refractivity contribution in [3.05, 3.63) is 0 Å². The fraction of sp³-hybridized carbons (Fsp3) is 1.00. The smallest absolute Gasteiger partial charge is 0.211 e. The molecule has 6 heteroatoms. The summed E-state index contributed by atoms with van der Waals surface area (Å²) < 4.78 is 34.3. The third kappa shape index (κ3) is 5.98. The van der Waals surface area contributed by atoms with Crippen LogP contribution in [0.25, 0.3) is 0 Å². The van der Waals surface area contributed by atoms with Crippen LogP contribution in [0.2, 0.25) is 0 Å². The van der Waals surface area contributed by atoms with Crippen molar-refractivity contribution in [2.45, 2.75) is 19.6 Å². The van der Waals surface area contributed by atoms with Crippen LogP contribution in [0.3, 0.4) is 0 Å². The maximum Gasteiger partial charge on any atom is 0.211 e. The second kappa shape index (κ2) is 6.31. The van der Waals surface area contributed by atoms with Crippen LogP contribution in [0.4, 0.5) is 0 Å². The highest BCUT2D eigenvalue weighted by molar-refractivity contribution is 7.89. The monoisotopic (exact) mass is 211 g/mol. The highest BCUT2D eigenvalue weighted by atomic mass is 32.2. The molecule has 0 aromatic carbocycles. The van der Waals surface area contributed by atoms with Gasteiger partial charge in [-0.1, -0.05) is 6.92 Å². The molecule has 1 N–H and O–H groups in total. The summed E-state index contributed by atoms with van der Waals surface area (Å²) in [4.78, 5) is 0. The molecule has 0 fully saturated rings. The molecule has 5 nitrogen and oxygen atoms in total. The summed E-state index contributed by atoms with van der Waals surface area (Å²) in [6, 6.07) is 0. The fourth-order valence-corrected chi connectivity index (χ4v) is 1.87. The number of methoxy groups -OCH3 is 2. The maximum atomic E-state index is 11.1. The van der Waals surface area contributed by atoms with Crippen molar-refractivity contribution in [1.29, 1.82) is 0 Å². The highest BCUT2D eigenvalue weighted by Crippen LogP contribution is 1.92. The van der Waals surface area contributed by atoms with Gasteiger partial charge in [0.1, 0.15) is 0 Å². The van der Waals surface area contributed by atoms with E-state index in [1.807, 2.05) is 6.92 Å². The average molecular weight is 211 g/mol. The molecule has 0 unspecified atom stereocenters. The van der Waals surface area contributed by atoms with Crippen LogP contribution in [-0.4, -0.2) is 41.2 Å². The first-order chi connectivity index (χ1) is 6.05. The number of nitrogens with one attached hydrogen (secondary N) is 1. The fourth-order valence-electron chi connectivity index (χ4n) is 0.799. The van der Waals surface area contributed by atoms with Gasteiger partial charge in [0.15, 0.2) is 6.29 Å². The quantitative estimate of drug-likeness (QED) is 0.599. The maximum absolute atomic E-state index is 11.1. The van der Waals surface area contributed by atoms with Crippen molar-refractivity contribution in [3.63, 3.8) is 0 Å². The minimum atomic E-state index is -3.16. The zero-order valence-electron chi connectivity index (χ0n) is 8.24. The Morgan fingerprint density at radius 2 is 1.85 bits per heavy atom. The summed E-state index contributed by atoms with van der Waals surface area (Å²) in [5.41, 5.74) is 0. The summed E-state index contributed by atoms with van der Waals surface area (Å²) in [6.07, 6.45) is 0.0755. The lowest BCUT2D eigenvalue weighted by Crippen LogP contribution is -2.35. The van der Waals surface area contributed by atoms with E-state index in [0.29, 0.717) is 6.42 Å². The van der Waals surface area contributed by atoms with E-state index in [9.17, 15) is 8.42 Å². The molecule has 0 saturated carbocycles. The summed E-state index contributed by atoms with van der Waals surface area (Å²) in [5, 5.41) is 0. The van der Waals surface area contributed by atoms with Gasteiger partial charge in [-0.25, -0.2) is 13.1 Å². The van der Waals surface area contributed by atoms with E-state index in [1.54, 1.807) is 0 Å². The number of ether oxygens (including phenoxy) is 2. The Bertz CT molecular complexity index is 211. The van der Waals surface area contributed by atoms with Gasteiger partial charge < -0.3 is 9.47 Å². The summed E-state index contributed by atoms with van der Waals surface area (Å²) in [5.74, 6) is 0.132. The predicted octanol–water partition coefficient (Wildman–Crippen LogP) is -0.0653. The molecular weight excluding hydrogens is 194 g/mol. The minimum Gasteiger partial charge on any atom is -0.355 e. The molecule has 0 bridgehead atoms. The van der Waals surface area contributed by atoms with Gasteiger partial charge in [-0.15, -0.1) is 0 Å². The van der Waals surface area contributed by atoms with Gasteiger partial charge in [-0.05, 0) is 6.42 Å². The van der Waals surface area contributed by atoms with Crippen molar-refractivity contribution in [3.8, 4) is 0 Å². The van der Waals surface area contributed by atoms with Crippen molar-refractivity contribution >= 4 is 10.0 Å². The van der Waals surface area contributed by atoms with Crippen LogP contribution in [0.15, 0.2) is 0 Å². The second-order valence-corrected chi connectivity index (χ2v) is 4.49. The summed E-state index contributed by atoms with van der Waals surface area (Å²) in [7, 11) is -0.236. The molecule has 0 spiro atoms. The number of sulfonamides is 1. The van der Waals surface area contributed by atoms with Gasteiger partial charge in [-0.3, -0.25) is 0 Å². The van der Waals surface area contributed by atoms with E-state index in [0.717, 1.165) is 0 Å². The number of rotatable bonds is 7. The molecular formula is C7H17NO4S. The lowest BCUT2D eigenvalue weighted by atomic mass is 10.6. The molecule has 0 saturated heterocycles. The first kappa shape index (κ1) is 12.8. The SMILES string of the molecule is CCCS(=O)(=O)NCC(OC)OC. The molecule has 0 aromatic rings. The topological polar surface area (TPSA) is 64.6 Å². The molecule has 0 amide bonds. The Labute approximate surface area is 79.5 Å². The first-order valence-corrected chi connectivity index (χ1v) is 5.74. The number of hydrogen-bond acceptors (Lipinski definition) is 4. The van der Waals surface area contributed by atoms with Crippen molar-refractivity contribution < 1.29 is 17.9 Å². The molecule has 0 aliphatic rings. The lowest BCUT2D eigenvalue weighted by Gasteiger charge is -2.13. The van der Waals surface area contributed by atoms with E-state index < -0.39 is 16.3 Å². The zero-order chi connectivity index (χ0) is 10.3. The predicted molar refractivity (Wildman–Crippen MR) is 49.9 cm³/mol. The Morgan fingerprint density at radius 1 is 1.31 bits per heavy atom. The summed E-state index contributed by atoms with van der Waals surface area (Å²) in [6.45, 7) is 1.96. The van der Waals surface area contributed by atoms with Gasteiger partial charge >= 0.3 is 0 Å².